The van der Waals surface area contributed by atoms with Gasteiger partial charge >= 0.3 is 0 Å². The summed E-state index contributed by atoms with van der Waals surface area (Å²) in [5.41, 5.74) is 3.85. The van der Waals surface area contributed by atoms with E-state index >= 15 is 0 Å². The first-order chi connectivity index (χ1) is 7.69. The Morgan fingerprint density at radius 3 is 2.81 bits per heavy atom. The lowest BCUT2D eigenvalue weighted by atomic mass is 9.94. The van der Waals surface area contributed by atoms with Gasteiger partial charge in [-0.2, -0.15) is 0 Å². The molecule has 5 heteroatoms. The van der Waals surface area contributed by atoms with E-state index in [1.807, 2.05) is 6.07 Å². The quantitative estimate of drug-likeness (QED) is 0.455. The van der Waals surface area contributed by atoms with Crippen molar-refractivity contribution in [1.29, 1.82) is 0 Å². The Bertz CT molecular complexity index is 305. The van der Waals surface area contributed by atoms with Gasteiger partial charge in [0.05, 0.1) is 6.04 Å². The summed E-state index contributed by atoms with van der Waals surface area (Å²) in [5.74, 6) is 5.93. The summed E-state index contributed by atoms with van der Waals surface area (Å²) in [6, 6.07) is 3.77. The van der Waals surface area contributed by atoms with E-state index in [4.69, 9.17) is 22.2 Å². The predicted octanol–water partition coefficient (Wildman–Crippen LogP) is 1.91. The zero-order valence-corrected chi connectivity index (χ0v) is 10.4. The van der Waals surface area contributed by atoms with Crippen LogP contribution < -0.4 is 11.3 Å². The van der Waals surface area contributed by atoms with Crippen molar-refractivity contribution in [2.45, 2.75) is 19.4 Å². The molecule has 1 heterocycles. The van der Waals surface area contributed by atoms with Gasteiger partial charge in [-0.05, 0) is 24.0 Å². The van der Waals surface area contributed by atoms with Crippen LogP contribution in [0.15, 0.2) is 18.3 Å². The van der Waals surface area contributed by atoms with Crippen molar-refractivity contribution in [3.05, 3.63) is 29.0 Å². The average molecular weight is 244 g/mol. The Kier molecular flexibility index (Phi) is 5.69. The van der Waals surface area contributed by atoms with Gasteiger partial charge < -0.3 is 4.74 Å². The third-order valence-corrected chi connectivity index (χ3v) is 2.86. The fourth-order valence-corrected chi connectivity index (χ4v) is 1.74. The number of rotatable bonds is 6. The molecule has 0 amide bonds. The summed E-state index contributed by atoms with van der Waals surface area (Å²) in [5, 5.41) is 0.490. The molecular formula is C11H18ClN3O. The van der Waals surface area contributed by atoms with Crippen LogP contribution in [0, 0.1) is 5.92 Å². The van der Waals surface area contributed by atoms with Gasteiger partial charge in [0.2, 0.25) is 0 Å². The molecule has 2 unspecified atom stereocenters. The van der Waals surface area contributed by atoms with Crippen LogP contribution >= 0.6 is 11.6 Å². The Morgan fingerprint density at radius 2 is 2.31 bits per heavy atom. The molecule has 1 rings (SSSR count). The van der Waals surface area contributed by atoms with Crippen molar-refractivity contribution in [2.75, 3.05) is 13.7 Å². The first-order valence-corrected chi connectivity index (χ1v) is 5.63. The van der Waals surface area contributed by atoms with E-state index in [1.54, 1.807) is 19.4 Å². The van der Waals surface area contributed by atoms with Gasteiger partial charge in [0.25, 0.3) is 0 Å². The predicted molar refractivity (Wildman–Crippen MR) is 65.0 cm³/mol. The molecule has 16 heavy (non-hydrogen) atoms. The fraction of sp³-hybridized carbons (Fsp3) is 0.545. The van der Waals surface area contributed by atoms with E-state index in [9.17, 15) is 0 Å². The number of ether oxygens (including phenoxy) is 1. The number of nitrogens with two attached hydrogens (primary N) is 1. The maximum atomic E-state index is 5.74. The lowest BCUT2D eigenvalue weighted by Gasteiger charge is -2.23. The summed E-state index contributed by atoms with van der Waals surface area (Å²) in [6.07, 6.45) is 2.68. The lowest BCUT2D eigenvalue weighted by molar-refractivity contribution is 0.170. The number of aromatic nitrogens is 1. The second kappa shape index (κ2) is 6.81. The van der Waals surface area contributed by atoms with Crippen molar-refractivity contribution >= 4 is 11.6 Å². The van der Waals surface area contributed by atoms with Crippen molar-refractivity contribution in [3.8, 4) is 0 Å². The van der Waals surface area contributed by atoms with E-state index < -0.39 is 0 Å². The van der Waals surface area contributed by atoms with Crippen LogP contribution in [0.4, 0.5) is 0 Å². The molecule has 0 radical (unpaired) electrons. The van der Waals surface area contributed by atoms with Crippen molar-refractivity contribution in [1.82, 2.24) is 10.4 Å². The third kappa shape index (κ3) is 3.72. The monoisotopic (exact) mass is 243 g/mol. The van der Waals surface area contributed by atoms with Crippen molar-refractivity contribution in [2.24, 2.45) is 11.8 Å². The highest BCUT2D eigenvalue weighted by Gasteiger charge is 2.17. The van der Waals surface area contributed by atoms with Crippen molar-refractivity contribution < 1.29 is 4.74 Å². The number of hydrogen-bond acceptors (Lipinski definition) is 4. The maximum Gasteiger partial charge on any atom is 0.129 e. The molecule has 3 N–H and O–H groups in total. The smallest absolute Gasteiger partial charge is 0.129 e. The topological polar surface area (TPSA) is 60.2 Å². The Balaban J connectivity index is 2.69. The second-order valence-electron chi connectivity index (χ2n) is 3.82. The molecule has 1 aromatic heterocycles. The first-order valence-electron chi connectivity index (χ1n) is 5.25. The molecule has 90 valence electrons. The average Bonchev–Trinajstić information content (AvgIpc) is 2.30. The highest BCUT2D eigenvalue weighted by atomic mass is 35.5. The van der Waals surface area contributed by atoms with Gasteiger partial charge in [-0.3, -0.25) is 11.3 Å². The number of methoxy groups -OCH3 is 1. The third-order valence-electron chi connectivity index (χ3n) is 2.64. The van der Waals surface area contributed by atoms with Crippen LogP contribution in [-0.4, -0.2) is 18.7 Å². The highest BCUT2D eigenvalue weighted by molar-refractivity contribution is 6.29. The molecule has 0 aliphatic carbocycles. The van der Waals surface area contributed by atoms with Crippen LogP contribution in [0.1, 0.15) is 24.9 Å². The Morgan fingerprint density at radius 1 is 1.56 bits per heavy atom. The van der Waals surface area contributed by atoms with E-state index in [1.165, 1.54) is 0 Å². The molecule has 0 saturated carbocycles. The summed E-state index contributed by atoms with van der Waals surface area (Å²) in [4.78, 5) is 4.05. The lowest BCUT2D eigenvalue weighted by Crippen LogP contribution is -2.33. The summed E-state index contributed by atoms with van der Waals surface area (Å²) in [7, 11) is 1.70. The van der Waals surface area contributed by atoms with Crippen LogP contribution in [-0.2, 0) is 4.74 Å². The zero-order valence-electron chi connectivity index (χ0n) is 9.61. The molecule has 0 fully saturated rings. The summed E-state index contributed by atoms with van der Waals surface area (Å²) in [6.45, 7) is 2.85. The molecule has 0 aliphatic rings. The number of halogens is 1. The number of nitrogens with zero attached hydrogens (tertiary/aromatic N) is 1. The van der Waals surface area contributed by atoms with Crippen LogP contribution in [0.25, 0.3) is 0 Å². The van der Waals surface area contributed by atoms with E-state index in [-0.39, 0.29) is 6.04 Å². The van der Waals surface area contributed by atoms with Crippen LogP contribution in [0.5, 0.6) is 0 Å². The molecule has 0 aromatic carbocycles. The summed E-state index contributed by atoms with van der Waals surface area (Å²) < 4.78 is 5.06. The molecule has 0 bridgehead atoms. The van der Waals surface area contributed by atoms with Crippen LogP contribution in [0.3, 0.4) is 0 Å². The molecule has 0 saturated heterocycles. The number of nitrogens with one attached hydrogen (secondary N) is 1. The zero-order chi connectivity index (χ0) is 12.0. The molecule has 1 aromatic rings. The van der Waals surface area contributed by atoms with E-state index in [0.717, 1.165) is 18.6 Å². The normalized spacial score (nSPS) is 14.8. The van der Waals surface area contributed by atoms with Crippen LogP contribution in [0.2, 0.25) is 5.15 Å². The summed E-state index contributed by atoms with van der Waals surface area (Å²) >= 11 is 5.74. The SMILES string of the molecule is COCCC(C)C(NN)c1ccc(Cl)nc1. The molecular weight excluding hydrogens is 226 g/mol. The van der Waals surface area contributed by atoms with Gasteiger partial charge in [0, 0.05) is 19.9 Å². The molecule has 2 atom stereocenters. The fourth-order valence-electron chi connectivity index (χ4n) is 1.63. The Hall–Kier alpha value is -0.680. The minimum Gasteiger partial charge on any atom is -0.385 e. The van der Waals surface area contributed by atoms with E-state index in [2.05, 4.69) is 17.3 Å². The largest absolute Gasteiger partial charge is 0.385 e. The minimum absolute atomic E-state index is 0.0694. The highest BCUT2D eigenvalue weighted by Crippen LogP contribution is 2.23. The molecule has 0 aliphatic heterocycles. The number of hydrazine groups is 1. The first kappa shape index (κ1) is 13.4. The van der Waals surface area contributed by atoms with E-state index in [0.29, 0.717) is 11.1 Å². The number of hydrogen-bond donors (Lipinski definition) is 2. The molecule has 4 nitrogen and oxygen atoms in total. The van der Waals surface area contributed by atoms with Gasteiger partial charge in [0.15, 0.2) is 0 Å². The minimum atomic E-state index is 0.0694. The standard InChI is InChI=1S/C11H18ClN3O/c1-8(5-6-16-2)11(15-13)9-3-4-10(12)14-7-9/h3-4,7-8,11,15H,5-6,13H2,1-2H3. The molecule has 0 spiro atoms. The maximum absolute atomic E-state index is 5.74. The van der Waals surface area contributed by atoms with Gasteiger partial charge in [-0.1, -0.05) is 24.6 Å². The van der Waals surface area contributed by atoms with Gasteiger partial charge in [-0.15, -0.1) is 0 Å². The second-order valence-corrected chi connectivity index (χ2v) is 4.20. The van der Waals surface area contributed by atoms with Crippen molar-refractivity contribution in [3.63, 3.8) is 0 Å². The number of pyridine rings is 1. The van der Waals surface area contributed by atoms with Gasteiger partial charge in [0.1, 0.15) is 5.15 Å². The van der Waals surface area contributed by atoms with Gasteiger partial charge in [-0.25, -0.2) is 4.98 Å². The Labute approximate surface area is 101 Å².